The average Bonchev–Trinajstić information content (AvgIpc) is 2.50. The maximum Gasteiger partial charge on any atom is 0.232 e. The van der Waals surface area contributed by atoms with Crippen LogP contribution in [0, 0.1) is 0 Å². The Balaban J connectivity index is 2.08. The Morgan fingerprint density at radius 3 is 2.09 bits per heavy atom. The summed E-state index contributed by atoms with van der Waals surface area (Å²) < 4.78 is 26.3. The highest BCUT2D eigenvalue weighted by Gasteiger charge is 2.10. The van der Waals surface area contributed by atoms with Crippen molar-refractivity contribution in [1.82, 2.24) is 0 Å². The molecule has 7 heteroatoms. The van der Waals surface area contributed by atoms with E-state index >= 15 is 0 Å². The van der Waals surface area contributed by atoms with Gasteiger partial charge in [-0.25, -0.2) is 8.42 Å². The zero-order valence-electron chi connectivity index (χ0n) is 12.6. The molecular formula is C16H18Cl2N2O2S. The van der Waals surface area contributed by atoms with Crippen LogP contribution in [-0.4, -0.2) is 14.2 Å². The number of hydrogen-bond donors (Lipinski definition) is 2. The van der Waals surface area contributed by atoms with Crippen LogP contribution in [0.25, 0.3) is 0 Å². The van der Waals surface area contributed by atoms with E-state index in [2.05, 4.69) is 10.0 Å². The molecule has 0 unspecified atom stereocenters. The largest absolute Gasteiger partial charge is 0.353 e. The van der Waals surface area contributed by atoms with Crippen molar-refractivity contribution >= 4 is 50.3 Å². The molecule has 0 saturated carbocycles. The fourth-order valence-electron chi connectivity index (χ4n) is 1.95. The number of halogens is 2. The molecule has 0 radical (unpaired) electrons. The molecule has 0 spiro atoms. The second kappa shape index (κ2) is 7.90. The summed E-state index contributed by atoms with van der Waals surface area (Å²) in [6.45, 7) is 1.95. The van der Waals surface area contributed by atoms with Crippen molar-refractivity contribution in [2.75, 3.05) is 15.8 Å². The van der Waals surface area contributed by atoms with Gasteiger partial charge in [-0.1, -0.05) is 42.6 Å². The first-order chi connectivity index (χ1) is 10.9. The number of sulfonamides is 1. The van der Waals surface area contributed by atoms with E-state index in [1.54, 1.807) is 42.5 Å². The second-order valence-corrected chi connectivity index (χ2v) is 7.73. The number of rotatable bonds is 7. The molecule has 2 N–H and O–H groups in total. The molecule has 0 amide bonds. The monoisotopic (exact) mass is 372 g/mol. The van der Waals surface area contributed by atoms with E-state index in [1.807, 2.05) is 6.92 Å². The summed E-state index contributed by atoms with van der Waals surface area (Å²) in [4.78, 5) is 0. The molecular weight excluding hydrogens is 355 g/mol. The molecule has 0 aliphatic carbocycles. The van der Waals surface area contributed by atoms with Gasteiger partial charge < -0.3 is 5.32 Å². The van der Waals surface area contributed by atoms with Crippen LogP contribution in [0.5, 0.6) is 0 Å². The fraction of sp³-hybridized carbons (Fsp3) is 0.250. The molecule has 124 valence electrons. The maximum atomic E-state index is 11.9. The third-order valence-electron chi connectivity index (χ3n) is 3.16. The highest BCUT2D eigenvalue weighted by Crippen LogP contribution is 2.32. The Morgan fingerprint density at radius 1 is 0.957 bits per heavy atom. The van der Waals surface area contributed by atoms with Gasteiger partial charge in [-0.05, 0) is 42.8 Å². The number of anilines is 3. The highest BCUT2D eigenvalue weighted by atomic mass is 35.5. The molecule has 2 rings (SSSR count). The Morgan fingerprint density at radius 2 is 1.52 bits per heavy atom. The quantitative estimate of drug-likeness (QED) is 0.694. The van der Waals surface area contributed by atoms with Crippen LogP contribution in [0.1, 0.15) is 19.8 Å². The van der Waals surface area contributed by atoms with Crippen LogP contribution in [-0.2, 0) is 10.0 Å². The van der Waals surface area contributed by atoms with Crippen LogP contribution in [0.15, 0.2) is 42.5 Å². The minimum Gasteiger partial charge on any atom is -0.353 e. The van der Waals surface area contributed by atoms with Gasteiger partial charge >= 0.3 is 0 Å². The molecule has 0 saturated heterocycles. The number of nitrogens with one attached hydrogen (secondary N) is 2. The molecule has 0 fully saturated rings. The Bertz CT molecular complexity index is 742. The second-order valence-electron chi connectivity index (χ2n) is 5.07. The van der Waals surface area contributed by atoms with Crippen LogP contribution >= 0.6 is 23.2 Å². The van der Waals surface area contributed by atoms with Gasteiger partial charge in [0.2, 0.25) is 10.0 Å². The normalized spacial score (nSPS) is 11.3. The third kappa shape index (κ3) is 5.30. The Hall–Kier alpha value is -1.43. The van der Waals surface area contributed by atoms with Gasteiger partial charge in [0.05, 0.1) is 21.5 Å². The van der Waals surface area contributed by atoms with Crippen molar-refractivity contribution in [3.63, 3.8) is 0 Å². The van der Waals surface area contributed by atoms with Gasteiger partial charge in [-0.2, -0.15) is 0 Å². The lowest BCUT2D eigenvalue weighted by atomic mass is 10.2. The summed E-state index contributed by atoms with van der Waals surface area (Å²) in [5, 5.41) is 4.15. The van der Waals surface area contributed by atoms with E-state index in [9.17, 15) is 8.42 Å². The van der Waals surface area contributed by atoms with Crippen molar-refractivity contribution in [3.8, 4) is 0 Å². The lowest BCUT2D eigenvalue weighted by Gasteiger charge is -2.12. The Kier molecular flexibility index (Phi) is 6.16. The Labute approximate surface area is 146 Å². The standard InChI is InChI=1S/C16H18Cl2N2O2S/c1-2-3-11-23(21,22)20-13-9-7-12(8-10-13)19-16-14(17)5-4-6-15(16)18/h4-10,19-20H,2-3,11H2,1H3. The topological polar surface area (TPSA) is 58.2 Å². The molecule has 0 heterocycles. The predicted octanol–water partition coefficient (Wildman–Crippen LogP) is 5.28. The minimum absolute atomic E-state index is 0.124. The summed E-state index contributed by atoms with van der Waals surface area (Å²) in [6, 6.07) is 12.2. The van der Waals surface area contributed by atoms with E-state index in [0.717, 1.165) is 12.1 Å². The zero-order chi connectivity index (χ0) is 16.9. The first kappa shape index (κ1) is 17.9. The van der Waals surface area contributed by atoms with Crippen molar-refractivity contribution in [2.24, 2.45) is 0 Å². The van der Waals surface area contributed by atoms with Gasteiger partial charge in [0.15, 0.2) is 0 Å². The fourth-order valence-corrected chi connectivity index (χ4v) is 3.71. The first-order valence-corrected chi connectivity index (χ1v) is 9.63. The molecule has 0 aromatic heterocycles. The van der Waals surface area contributed by atoms with Crippen molar-refractivity contribution in [1.29, 1.82) is 0 Å². The molecule has 2 aromatic carbocycles. The van der Waals surface area contributed by atoms with Gasteiger partial charge in [0.25, 0.3) is 0 Å². The van der Waals surface area contributed by atoms with Gasteiger partial charge in [0.1, 0.15) is 0 Å². The highest BCUT2D eigenvalue weighted by molar-refractivity contribution is 7.92. The summed E-state index contributed by atoms with van der Waals surface area (Å²) in [5.74, 6) is 0.124. The summed E-state index contributed by atoms with van der Waals surface area (Å²) in [5.41, 5.74) is 1.90. The summed E-state index contributed by atoms with van der Waals surface area (Å²) in [6.07, 6.45) is 1.47. The van der Waals surface area contributed by atoms with Crippen molar-refractivity contribution in [3.05, 3.63) is 52.5 Å². The van der Waals surface area contributed by atoms with Gasteiger partial charge in [0, 0.05) is 11.4 Å². The lowest BCUT2D eigenvalue weighted by molar-refractivity contribution is 0.598. The molecule has 0 atom stereocenters. The number of unbranched alkanes of at least 4 members (excludes halogenated alkanes) is 1. The third-order valence-corrected chi connectivity index (χ3v) is 5.16. The number of para-hydroxylation sites is 1. The van der Waals surface area contributed by atoms with Crippen molar-refractivity contribution in [2.45, 2.75) is 19.8 Å². The number of benzene rings is 2. The first-order valence-electron chi connectivity index (χ1n) is 7.23. The molecule has 23 heavy (non-hydrogen) atoms. The molecule has 4 nitrogen and oxygen atoms in total. The van der Waals surface area contributed by atoms with E-state index in [-0.39, 0.29) is 5.75 Å². The van der Waals surface area contributed by atoms with E-state index in [0.29, 0.717) is 27.8 Å². The smallest absolute Gasteiger partial charge is 0.232 e. The van der Waals surface area contributed by atoms with Crippen LogP contribution < -0.4 is 10.0 Å². The van der Waals surface area contributed by atoms with Crippen molar-refractivity contribution < 1.29 is 8.42 Å². The van der Waals surface area contributed by atoms with Gasteiger partial charge in [-0.3, -0.25) is 4.72 Å². The van der Waals surface area contributed by atoms with Crippen LogP contribution in [0.4, 0.5) is 17.1 Å². The van der Waals surface area contributed by atoms with E-state index < -0.39 is 10.0 Å². The summed E-state index contributed by atoms with van der Waals surface area (Å²) in [7, 11) is -3.29. The molecule has 0 aliphatic heterocycles. The van der Waals surface area contributed by atoms with Crippen LogP contribution in [0.2, 0.25) is 10.0 Å². The SMILES string of the molecule is CCCCS(=O)(=O)Nc1ccc(Nc2c(Cl)cccc2Cl)cc1. The van der Waals surface area contributed by atoms with Crippen LogP contribution in [0.3, 0.4) is 0 Å². The predicted molar refractivity (Wildman–Crippen MR) is 98.5 cm³/mol. The van der Waals surface area contributed by atoms with E-state index in [1.165, 1.54) is 0 Å². The summed E-state index contributed by atoms with van der Waals surface area (Å²) >= 11 is 12.2. The molecule has 0 bridgehead atoms. The minimum atomic E-state index is -3.29. The molecule has 2 aromatic rings. The lowest BCUT2D eigenvalue weighted by Crippen LogP contribution is -2.16. The average molecular weight is 373 g/mol. The zero-order valence-corrected chi connectivity index (χ0v) is 15.0. The number of hydrogen-bond acceptors (Lipinski definition) is 3. The molecule has 0 aliphatic rings. The van der Waals surface area contributed by atoms with Gasteiger partial charge in [-0.15, -0.1) is 0 Å². The maximum absolute atomic E-state index is 11.9. The van der Waals surface area contributed by atoms with E-state index in [4.69, 9.17) is 23.2 Å².